The first kappa shape index (κ1) is 18.7. The molecule has 0 bridgehead atoms. The van der Waals surface area contributed by atoms with Gasteiger partial charge in [-0.25, -0.2) is 8.78 Å². The Kier molecular flexibility index (Phi) is 4.65. The van der Waals surface area contributed by atoms with E-state index in [9.17, 15) is 23.8 Å². The molecule has 4 rings (SSSR count). The molecule has 0 unspecified atom stereocenters. The molecule has 0 heterocycles. The number of aromatic hydroxyl groups is 1. The maximum atomic E-state index is 12.4. The van der Waals surface area contributed by atoms with Crippen LogP contribution in [0, 0.1) is 23.2 Å². The molecule has 1 aromatic rings. The Morgan fingerprint density at radius 1 is 1.37 bits per heavy atom. The van der Waals surface area contributed by atoms with Crippen LogP contribution in [-0.4, -0.2) is 35.3 Å². The van der Waals surface area contributed by atoms with E-state index in [1.54, 1.807) is 6.07 Å². The van der Waals surface area contributed by atoms with Crippen LogP contribution in [0.4, 0.5) is 8.78 Å². The molecule has 3 aliphatic carbocycles. The van der Waals surface area contributed by atoms with E-state index in [4.69, 9.17) is 4.74 Å². The number of phenolic OH excluding ortho intramolecular Hbond substituents is 1. The zero-order valence-electron chi connectivity index (χ0n) is 15.4. The van der Waals surface area contributed by atoms with Gasteiger partial charge in [-0.3, -0.25) is 4.79 Å². The number of carbonyl (C=O) groups is 1. The summed E-state index contributed by atoms with van der Waals surface area (Å²) in [6.07, 6.45) is 0.482. The van der Waals surface area contributed by atoms with Gasteiger partial charge in [0, 0.05) is 0 Å². The Labute approximate surface area is 157 Å². The minimum atomic E-state index is -2.69. The van der Waals surface area contributed by atoms with E-state index in [1.807, 2.05) is 19.1 Å². The van der Waals surface area contributed by atoms with E-state index in [0.717, 1.165) is 25.7 Å². The van der Waals surface area contributed by atoms with Crippen molar-refractivity contribution in [1.29, 1.82) is 0 Å². The lowest BCUT2D eigenvalue weighted by Gasteiger charge is -2.50. The fourth-order valence-corrected chi connectivity index (χ4v) is 6.07. The second-order valence-electron chi connectivity index (χ2n) is 8.65. The van der Waals surface area contributed by atoms with Crippen molar-refractivity contribution in [2.45, 2.75) is 57.5 Å². The third kappa shape index (κ3) is 3.02. The number of aliphatic hydroxyl groups is 1. The van der Waals surface area contributed by atoms with Gasteiger partial charge in [0.2, 0.25) is 0 Å². The van der Waals surface area contributed by atoms with E-state index in [0.29, 0.717) is 18.3 Å². The van der Waals surface area contributed by atoms with E-state index < -0.39 is 31.0 Å². The number of carbonyl (C=O) groups excluding carboxylic acids is 1. The summed E-state index contributed by atoms with van der Waals surface area (Å²) in [6.45, 7) is 1.12. The maximum Gasteiger partial charge on any atom is 0.311 e. The smallest absolute Gasteiger partial charge is 0.311 e. The molecule has 0 aliphatic heterocycles. The summed E-state index contributed by atoms with van der Waals surface area (Å²) >= 11 is 0. The van der Waals surface area contributed by atoms with Gasteiger partial charge in [0.1, 0.15) is 5.75 Å². The topological polar surface area (TPSA) is 66.8 Å². The molecule has 0 aromatic heterocycles. The van der Waals surface area contributed by atoms with Crippen LogP contribution in [0.25, 0.3) is 0 Å². The van der Waals surface area contributed by atoms with Crippen LogP contribution < -0.4 is 0 Å². The highest BCUT2D eigenvalue weighted by atomic mass is 19.3. The molecular weight excluding hydrogens is 354 g/mol. The first-order chi connectivity index (χ1) is 12.8. The van der Waals surface area contributed by atoms with Crippen molar-refractivity contribution in [2.24, 2.45) is 23.2 Å². The predicted molar refractivity (Wildman–Crippen MR) is 94.6 cm³/mol. The number of ether oxygens (including phenoxy) is 1. The number of hydrogen-bond acceptors (Lipinski definition) is 4. The number of alkyl halides is 2. The van der Waals surface area contributed by atoms with E-state index in [2.05, 4.69) is 0 Å². The summed E-state index contributed by atoms with van der Waals surface area (Å²) in [5.74, 6) is -0.267. The quantitative estimate of drug-likeness (QED) is 0.786. The summed E-state index contributed by atoms with van der Waals surface area (Å²) in [4.78, 5) is 12.3. The minimum Gasteiger partial charge on any atom is -0.508 e. The highest BCUT2D eigenvalue weighted by Gasteiger charge is 2.59. The van der Waals surface area contributed by atoms with Crippen molar-refractivity contribution >= 4 is 5.97 Å². The van der Waals surface area contributed by atoms with Gasteiger partial charge in [0.05, 0.1) is 12.0 Å². The number of aliphatic hydroxyl groups excluding tert-OH is 1. The van der Waals surface area contributed by atoms with Crippen LogP contribution in [0.3, 0.4) is 0 Å². The Morgan fingerprint density at radius 3 is 2.89 bits per heavy atom. The molecule has 1 aromatic carbocycles. The van der Waals surface area contributed by atoms with Crippen molar-refractivity contribution in [1.82, 2.24) is 0 Å². The summed E-state index contributed by atoms with van der Waals surface area (Å²) < 4.78 is 29.5. The SMILES string of the molecule is C[C@]12CC[C@@H]3c4ccc(O)cc4CC[C@H]3[C@@H]1C[C@H](C(=O)OCC(F)F)[C@@H]2O. The Balaban J connectivity index is 1.57. The lowest BCUT2D eigenvalue weighted by molar-refractivity contribution is -0.157. The molecule has 2 N–H and O–H groups in total. The van der Waals surface area contributed by atoms with Crippen molar-refractivity contribution < 1.29 is 28.5 Å². The van der Waals surface area contributed by atoms with Crippen molar-refractivity contribution in [2.75, 3.05) is 6.61 Å². The molecule has 0 radical (unpaired) electrons. The summed E-state index contributed by atoms with van der Waals surface area (Å²) in [7, 11) is 0. The zero-order chi connectivity index (χ0) is 19.3. The van der Waals surface area contributed by atoms with Gasteiger partial charge in [0.25, 0.3) is 6.43 Å². The monoisotopic (exact) mass is 380 g/mol. The normalized spacial score (nSPS) is 37.4. The minimum absolute atomic E-state index is 0.164. The first-order valence-corrected chi connectivity index (χ1v) is 9.76. The molecule has 2 saturated carbocycles. The number of phenols is 1. The molecular formula is C21H26F2O4. The second kappa shape index (κ2) is 6.73. The van der Waals surface area contributed by atoms with Crippen LogP contribution in [0.15, 0.2) is 18.2 Å². The largest absolute Gasteiger partial charge is 0.508 e. The lowest BCUT2D eigenvalue weighted by Crippen LogP contribution is -2.45. The van der Waals surface area contributed by atoms with Crippen LogP contribution in [0.5, 0.6) is 5.75 Å². The molecule has 0 spiro atoms. The van der Waals surface area contributed by atoms with E-state index in [1.165, 1.54) is 11.1 Å². The van der Waals surface area contributed by atoms with Gasteiger partial charge in [-0.15, -0.1) is 0 Å². The molecule has 6 atom stereocenters. The average molecular weight is 380 g/mol. The van der Waals surface area contributed by atoms with Gasteiger partial charge in [-0.1, -0.05) is 13.0 Å². The molecule has 4 nitrogen and oxygen atoms in total. The number of benzene rings is 1. The second-order valence-corrected chi connectivity index (χ2v) is 8.65. The lowest BCUT2D eigenvalue weighted by atomic mass is 9.55. The summed E-state index contributed by atoms with van der Waals surface area (Å²) in [6, 6.07) is 5.57. The van der Waals surface area contributed by atoms with Crippen molar-refractivity contribution in [3.8, 4) is 5.75 Å². The summed E-state index contributed by atoms with van der Waals surface area (Å²) in [5.41, 5.74) is 2.07. The molecule has 0 saturated heterocycles. The summed E-state index contributed by atoms with van der Waals surface area (Å²) in [5, 5.41) is 20.6. The number of halogens is 2. The molecule has 0 amide bonds. The predicted octanol–water partition coefficient (Wildman–Crippen LogP) is 3.64. The molecule has 6 heteroatoms. The molecule has 27 heavy (non-hydrogen) atoms. The number of esters is 1. The zero-order valence-corrected chi connectivity index (χ0v) is 15.4. The maximum absolute atomic E-state index is 12.4. The number of fused-ring (bicyclic) bond motifs is 5. The highest BCUT2D eigenvalue weighted by Crippen LogP contribution is 2.62. The number of aryl methyl sites for hydroxylation is 1. The fourth-order valence-electron chi connectivity index (χ4n) is 6.07. The standard InChI is InChI=1S/C21H26F2O4/c1-21-7-6-14-13-5-3-12(24)8-11(13)2-4-15(14)17(21)9-16(19(21)25)20(26)27-10-18(22)23/h3,5,8,14-19,24-25H,2,4,6-7,9-10H2,1H3/t14-,15-,16+,17+,19+,21+/m1/s1. The number of rotatable bonds is 3. The van der Waals surface area contributed by atoms with E-state index >= 15 is 0 Å². The van der Waals surface area contributed by atoms with Gasteiger partial charge in [-0.2, -0.15) is 0 Å². The van der Waals surface area contributed by atoms with Crippen LogP contribution in [0.2, 0.25) is 0 Å². The van der Waals surface area contributed by atoms with Gasteiger partial charge >= 0.3 is 5.97 Å². The Morgan fingerprint density at radius 2 is 2.15 bits per heavy atom. The van der Waals surface area contributed by atoms with Gasteiger partial charge in [0.15, 0.2) is 6.61 Å². The fraction of sp³-hybridized carbons (Fsp3) is 0.667. The molecule has 2 fully saturated rings. The number of hydrogen-bond donors (Lipinski definition) is 2. The highest BCUT2D eigenvalue weighted by molar-refractivity contribution is 5.74. The average Bonchev–Trinajstić information content (AvgIpc) is 2.91. The first-order valence-electron chi connectivity index (χ1n) is 9.76. The van der Waals surface area contributed by atoms with Gasteiger partial charge in [-0.05, 0) is 78.5 Å². The van der Waals surface area contributed by atoms with Crippen LogP contribution in [-0.2, 0) is 16.0 Å². The van der Waals surface area contributed by atoms with Crippen molar-refractivity contribution in [3.63, 3.8) is 0 Å². The third-order valence-corrected chi connectivity index (χ3v) is 7.37. The van der Waals surface area contributed by atoms with Crippen molar-refractivity contribution in [3.05, 3.63) is 29.3 Å². The van der Waals surface area contributed by atoms with Gasteiger partial charge < -0.3 is 14.9 Å². The third-order valence-electron chi connectivity index (χ3n) is 7.37. The van der Waals surface area contributed by atoms with Crippen LogP contribution >= 0.6 is 0 Å². The van der Waals surface area contributed by atoms with Crippen LogP contribution in [0.1, 0.15) is 49.7 Å². The molecule has 3 aliphatic rings. The molecule has 148 valence electrons. The Bertz CT molecular complexity index is 737. The Hall–Kier alpha value is -1.69. The van der Waals surface area contributed by atoms with E-state index in [-0.39, 0.29) is 17.1 Å².